The summed E-state index contributed by atoms with van der Waals surface area (Å²) in [6.45, 7) is 19.8. The van der Waals surface area contributed by atoms with E-state index >= 15 is 0 Å². The highest BCUT2D eigenvalue weighted by molar-refractivity contribution is 5.87. The zero-order valence-electron chi connectivity index (χ0n) is 41.2. The Balaban J connectivity index is 1.98. The molecule has 3 rings (SSSR count). The average Bonchev–Trinajstić information content (AvgIpc) is 3.25. The van der Waals surface area contributed by atoms with E-state index in [1.54, 1.807) is 65.0 Å². The molecule has 0 saturated carbocycles. The van der Waals surface area contributed by atoms with Crippen LogP contribution < -0.4 is 5.73 Å². The SMILES string of the molecule is C/C=C/[C@H]1O[C@@](O)([C@@H](C)[C@H](O)[C@H](C)[C@H]2OC(=O)/C(OC)=C/C(C)=C/[C@@H](C)[C@@H](O)[C@@H](CC)[C@@H](O)[C@H](C)C/C(C)=C/C=C/[C@@H]2O)C[C@@H](O[C@@H]2C[C@H](OC(=O)CCCC)[C@@H](OC(N)=O)[C@H](C)O2)[C@@H]1C. The predicted octanol–water partition coefficient (Wildman–Crippen LogP) is 6.07. The van der Waals surface area contributed by atoms with Crippen molar-refractivity contribution in [3.63, 3.8) is 0 Å². The molecule has 18 atom stereocenters. The monoisotopic (exact) mass is 936 g/mol. The number of carbonyl (C=O) groups is 3. The maximum absolute atomic E-state index is 13.9. The lowest BCUT2D eigenvalue weighted by molar-refractivity contribution is -0.339. The van der Waals surface area contributed by atoms with Crippen molar-refractivity contribution in [3.8, 4) is 0 Å². The summed E-state index contributed by atoms with van der Waals surface area (Å²) in [7, 11) is 1.30. The molecule has 0 unspecified atom stereocenters. The Morgan fingerprint density at radius 1 is 1.05 bits per heavy atom. The van der Waals surface area contributed by atoms with Crippen molar-refractivity contribution in [1.29, 1.82) is 0 Å². The molecule has 3 aliphatic rings. The van der Waals surface area contributed by atoms with Gasteiger partial charge in [0.15, 0.2) is 18.2 Å². The highest BCUT2D eigenvalue weighted by Crippen LogP contribution is 2.42. The zero-order chi connectivity index (χ0) is 49.6. The molecular weight excluding hydrogens is 855 g/mol. The Hall–Kier alpha value is -3.61. The van der Waals surface area contributed by atoms with E-state index in [-0.39, 0.29) is 36.9 Å². The molecule has 3 aliphatic heterocycles. The van der Waals surface area contributed by atoms with E-state index in [0.29, 0.717) is 24.8 Å². The largest absolute Gasteiger partial charge is 0.490 e. The maximum Gasteiger partial charge on any atom is 0.404 e. The smallest absolute Gasteiger partial charge is 0.404 e. The van der Waals surface area contributed by atoms with E-state index in [1.807, 2.05) is 41.5 Å². The number of unbranched alkanes of at least 4 members (excludes halogenated alkanes) is 1. The molecular formula is C50H81NO15. The lowest BCUT2D eigenvalue weighted by Gasteiger charge is -2.50. The fourth-order valence-corrected chi connectivity index (χ4v) is 9.39. The zero-order valence-corrected chi connectivity index (χ0v) is 41.2. The molecule has 0 radical (unpaired) electrons. The summed E-state index contributed by atoms with van der Waals surface area (Å²) in [5.74, 6) is -7.08. The Morgan fingerprint density at radius 3 is 2.33 bits per heavy atom. The Labute approximate surface area is 392 Å². The number of hydrogen-bond donors (Lipinski definition) is 6. The third-order valence-electron chi connectivity index (χ3n) is 13.5. The van der Waals surface area contributed by atoms with Crippen LogP contribution in [0.1, 0.15) is 121 Å². The van der Waals surface area contributed by atoms with E-state index in [1.165, 1.54) is 19.3 Å². The summed E-state index contributed by atoms with van der Waals surface area (Å²) in [5.41, 5.74) is 6.84. The molecule has 0 aromatic carbocycles. The van der Waals surface area contributed by atoms with Gasteiger partial charge in [0.05, 0.1) is 43.7 Å². The first-order chi connectivity index (χ1) is 31.0. The number of esters is 2. The molecule has 2 fully saturated rings. The molecule has 0 aromatic heterocycles. The van der Waals surface area contributed by atoms with Gasteiger partial charge in [-0.1, -0.05) is 102 Å². The van der Waals surface area contributed by atoms with Crippen LogP contribution in [0.2, 0.25) is 0 Å². The van der Waals surface area contributed by atoms with Gasteiger partial charge in [0.25, 0.3) is 0 Å². The summed E-state index contributed by atoms with van der Waals surface area (Å²) >= 11 is 0. The molecule has 7 N–H and O–H groups in total. The lowest BCUT2D eigenvalue weighted by atomic mass is 9.77. The number of ether oxygens (including phenoxy) is 7. The topological polar surface area (TPSA) is 243 Å². The molecule has 2 saturated heterocycles. The standard InChI is InChI=1S/C50H81NO15/c1-13-16-21-41(53)62-38-25-42(61-34(11)47(38)65-49(51)58)63-40-26-50(59,66-37(18-14-2)31(40)8)33(10)45(56)32(9)46-36(52)20-17-19-27(4)22-29(6)43(54)35(15-3)44(55)30(7)23-28(5)24-39(60-12)48(57)64-46/h14,17-20,23-24,29-38,40,42-47,52,54-56,59H,13,15-16,21-22,25-26H2,1-12H3,(H2,51,58)/b18-14+,20-17+,27-19+,28-23+,39-24-/t29-,30-,31-,32+,33+,34+,35+,36+,37-,38+,40-,42-,43+,44-,45-,46-,47+,50-/m1/s1. The Bertz CT molecular complexity index is 1730. The van der Waals surface area contributed by atoms with E-state index < -0.39 is 115 Å². The summed E-state index contributed by atoms with van der Waals surface area (Å²) in [5, 5.41) is 59.0. The number of methoxy groups -OCH3 is 1. The third-order valence-corrected chi connectivity index (χ3v) is 13.5. The van der Waals surface area contributed by atoms with E-state index in [4.69, 9.17) is 38.9 Å². The van der Waals surface area contributed by atoms with E-state index in [2.05, 4.69) is 0 Å². The average molecular weight is 936 g/mol. The van der Waals surface area contributed by atoms with Crippen LogP contribution in [-0.2, 0) is 42.7 Å². The van der Waals surface area contributed by atoms with Crippen LogP contribution in [-0.4, -0.2) is 124 Å². The highest BCUT2D eigenvalue weighted by Gasteiger charge is 2.53. The summed E-state index contributed by atoms with van der Waals surface area (Å²) in [6, 6.07) is 0. The maximum atomic E-state index is 13.9. The summed E-state index contributed by atoms with van der Waals surface area (Å²) in [6.07, 6.45) is 1.98. The van der Waals surface area contributed by atoms with Gasteiger partial charge in [0.2, 0.25) is 5.76 Å². The van der Waals surface area contributed by atoms with Crippen molar-refractivity contribution in [2.75, 3.05) is 7.11 Å². The molecule has 0 aromatic rings. The Kier molecular flexibility index (Phi) is 22.5. The molecule has 16 nitrogen and oxygen atoms in total. The van der Waals surface area contributed by atoms with Gasteiger partial charge in [0.1, 0.15) is 18.3 Å². The molecule has 376 valence electrons. The summed E-state index contributed by atoms with van der Waals surface area (Å²) < 4.78 is 41.6. The van der Waals surface area contributed by atoms with Crippen molar-refractivity contribution in [3.05, 3.63) is 59.4 Å². The van der Waals surface area contributed by atoms with E-state index in [9.17, 15) is 39.9 Å². The quantitative estimate of drug-likeness (QED) is 0.0658. The normalized spacial score (nSPS) is 39.8. The van der Waals surface area contributed by atoms with Gasteiger partial charge >= 0.3 is 18.0 Å². The van der Waals surface area contributed by atoms with Crippen LogP contribution in [0.25, 0.3) is 0 Å². The number of allylic oxidation sites excluding steroid dienone is 6. The van der Waals surface area contributed by atoms with Gasteiger partial charge in [-0.3, -0.25) is 4.79 Å². The number of aliphatic hydroxyl groups excluding tert-OH is 4. The van der Waals surface area contributed by atoms with E-state index in [0.717, 1.165) is 12.0 Å². The fourth-order valence-electron chi connectivity index (χ4n) is 9.39. The number of amides is 1. The number of primary amides is 1. The molecule has 0 spiro atoms. The number of cyclic esters (lactones) is 1. The lowest BCUT2D eigenvalue weighted by Crippen LogP contribution is -2.59. The van der Waals surface area contributed by atoms with Crippen LogP contribution in [0.15, 0.2) is 59.4 Å². The molecule has 1 amide bonds. The number of hydrogen-bond acceptors (Lipinski definition) is 15. The minimum absolute atomic E-state index is 0.00612. The highest BCUT2D eigenvalue weighted by atomic mass is 16.7. The van der Waals surface area contributed by atoms with Gasteiger partial charge in [0, 0.05) is 48.9 Å². The van der Waals surface area contributed by atoms with Gasteiger partial charge in [-0.25, -0.2) is 9.59 Å². The van der Waals surface area contributed by atoms with Crippen molar-refractivity contribution in [2.45, 2.75) is 194 Å². The van der Waals surface area contributed by atoms with Crippen LogP contribution in [0.5, 0.6) is 0 Å². The third kappa shape index (κ3) is 15.5. The second kappa shape index (κ2) is 26.2. The molecule has 0 aliphatic carbocycles. The number of aliphatic hydroxyl groups is 5. The van der Waals surface area contributed by atoms with Crippen molar-refractivity contribution in [1.82, 2.24) is 0 Å². The number of carbonyl (C=O) groups excluding carboxylic acids is 3. The molecule has 16 heteroatoms. The van der Waals surface area contributed by atoms with Gasteiger partial charge < -0.3 is 64.4 Å². The van der Waals surface area contributed by atoms with Gasteiger partial charge in [-0.05, 0) is 59.0 Å². The van der Waals surface area contributed by atoms with Gasteiger partial charge in [-0.2, -0.15) is 0 Å². The first-order valence-electron chi connectivity index (χ1n) is 23.7. The Morgan fingerprint density at radius 2 is 1.73 bits per heavy atom. The fraction of sp³-hybridized carbons (Fsp3) is 0.740. The summed E-state index contributed by atoms with van der Waals surface area (Å²) in [4.78, 5) is 38.4. The van der Waals surface area contributed by atoms with Crippen molar-refractivity contribution < 1.29 is 73.1 Å². The minimum Gasteiger partial charge on any atom is -0.490 e. The van der Waals surface area contributed by atoms with Crippen molar-refractivity contribution >= 4 is 18.0 Å². The first kappa shape index (κ1) is 56.7. The van der Waals surface area contributed by atoms with Crippen LogP contribution >= 0.6 is 0 Å². The van der Waals surface area contributed by atoms with Gasteiger partial charge in [-0.15, -0.1) is 0 Å². The van der Waals surface area contributed by atoms with Crippen molar-refractivity contribution in [2.24, 2.45) is 41.2 Å². The second-order valence-electron chi connectivity index (χ2n) is 18.8. The number of rotatable bonds is 14. The molecule has 3 heterocycles. The predicted molar refractivity (Wildman–Crippen MR) is 247 cm³/mol. The molecule has 66 heavy (non-hydrogen) atoms. The second-order valence-corrected chi connectivity index (χ2v) is 18.8. The van der Waals surface area contributed by atoms with Crippen LogP contribution in [0.3, 0.4) is 0 Å². The molecule has 0 bridgehead atoms. The minimum atomic E-state index is -2.04. The number of nitrogens with two attached hydrogens (primary N) is 1. The first-order valence-corrected chi connectivity index (χ1v) is 23.7. The van der Waals surface area contributed by atoms with Crippen LogP contribution in [0.4, 0.5) is 4.79 Å². The van der Waals surface area contributed by atoms with Crippen LogP contribution in [0, 0.1) is 35.5 Å².